The van der Waals surface area contributed by atoms with Gasteiger partial charge in [-0.2, -0.15) is 4.31 Å². The molecule has 6 nitrogen and oxygen atoms in total. The van der Waals surface area contributed by atoms with Crippen LogP contribution in [0.5, 0.6) is 0 Å². The number of hydrogen-bond acceptors (Lipinski definition) is 4. The summed E-state index contributed by atoms with van der Waals surface area (Å²) in [6.45, 7) is 8.50. The van der Waals surface area contributed by atoms with Gasteiger partial charge in [-0.05, 0) is 55.7 Å². The normalized spacial score (nSPS) is 20.6. The SMILES string of the molecule is CC(C)c1ccccc1NC(=O)c1ccc(S(=O)(=O)N2C[C@H](C)O[C@@H](C)C2)cc1. The zero-order valence-electron chi connectivity index (χ0n) is 17.3. The maximum absolute atomic E-state index is 12.9. The lowest BCUT2D eigenvalue weighted by molar-refractivity contribution is -0.0440. The van der Waals surface area contributed by atoms with Crippen LogP contribution in [0.1, 0.15) is 49.5 Å². The number of hydrogen-bond donors (Lipinski definition) is 1. The first-order valence-electron chi connectivity index (χ1n) is 9.84. The number of benzene rings is 2. The number of anilines is 1. The summed E-state index contributed by atoms with van der Waals surface area (Å²) in [5.74, 6) is 0.00740. The Kier molecular flexibility index (Phi) is 6.41. The molecule has 7 heteroatoms. The first-order chi connectivity index (χ1) is 13.7. The molecule has 2 aromatic carbocycles. The number of nitrogens with one attached hydrogen (secondary N) is 1. The fourth-order valence-electron chi connectivity index (χ4n) is 3.56. The van der Waals surface area contributed by atoms with Crippen LogP contribution in [0.25, 0.3) is 0 Å². The van der Waals surface area contributed by atoms with Gasteiger partial charge in [0.2, 0.25) is 10.0 Å². The van der Waals surface area contributed by atoms with E-state index < -0.39 is 10.0 Å². The molecule has 0 bridgehead atoms. The molecule has 0 spiro atoms. The topological polar surface area (TPSA) is 75.7 Å². The fourth-order valence-corrected chi connectivity index (χ4v) is 5.15. The maximum atomic E-state index is 12.9. The molecule has 2 atom stereocenters. The number of amides is 1. The van der Waals surface area contributed by atoms with Crippen molar-refractivity contribution in [2.45, 2.75) is 50.7 Å². The largest absolute Gasteiger partial charge is 0.373 e. The van der Waals surface area contributed by atoms with Crippen LogP contribution in [0.3, 0.4) is 0 Å². The molecular weight excluding hydrogens is 388 g/mol. The Morgan fingerprint density at radius 3 is 2.21 bits per heavy atom. The number of carbonyl (C=O) groups excluding carboxylic acids is 1. The third-order valence-corrected chi connectivity index (χ3v) is 6.82. The van der Waals surface area contributed by atoms with Gasteiger partial charge in [0.25, 0.3) is 5.91 Å². The molecule has 0 radical (unpaired) electrons. The minimum atomic E-state index is -3.63. The third-order valence-electron chi connectivity index (χ3n) is 4.97. The lowest BCUT2D eigenvalue weighted by atomic mass is 10.0. The van der Waals surface area contributed by atoms with Crippen LogP contribution in [-0.2, 0) is 14.8 Å². The second-order valence-corrected chi connectivity index (χ2v) is 9.74. The Balaban J connectivity index is 1.77. The zero-order chi connectivity index (χ0) is 21.2. The highest BCUT2D eigenvalue weighted by Gasteiger charge is 2.32. The van der Waals surface area contributed by atoms with E-state index in [9.17, 15) is 13.2 Å². The van der Waals surface area contributed by atoms with Crippen LogP contribution >= 0.6 is 0 Å². The predicted molar refractivity (Wildman–Crippen MR) is 114 cm³/mol. The molecule has 156 valence electrons. The number of nitrogens with zero attached hydrogens (tertiary/aromatic N) is 1. The Morgan fingerprint density at radius 1 is 1.03 bits per heavy atom. The van der Waals surface area contributed by atoms with Crippen molar-refractivity contribution in [3.8, 4) is 0 Å². The standard InChI is InChI=1S/C22H28N2O4S/c1-15(2)20-7-5-6-8-21(20)23-22(25)18-9-11-19(12-10-18)29(26,27)24-13-16(3)28-17(4)14-24/h5-12,15-17H,13-14H2,1-4H3,(H,23,25)/t16-,17-/m0/s1. The van der Waals surface area contributed by atoms with Gasteiger partial charge >= 0.3 is 0 Å². The summed E-state index contributed by atoms with van der Waals surface area (Å²) in [4.78, 5) is 12.8. The Hall–Kier alpha value is -2.22. The molecule has 1 saturated heterocycles. The molecule has 3 rings (SSSR count). The van der Waals surface area contributed by atoms with Gasteiger partial charge in [-0.3, -0.25) is 4.79 Å². The van der Waals surface area contributed by atoms with Crippen LogP contribution in [0, 0.1) is 0 Å². The quantitative estimate of drug-likeness (QED) is 0.803. The summed E-state index contributed by atoms with van der Waals surface area (Å²) in [6, 6.07) is 13.8. The van der Waals surface area contributed by atoms with Crippen molar-refractivity contribution in [3.05, 3.63) is 59.7 Å². The molecular formula is C22H28N2O4S. The molecule has 0 saturated carbocycles. The summed E-state index contributed by atoms with van der Waals surface area (Å²) >= 11 is 0. The van der Waals surface area contributed by atoms with Crippen LogP contribution < -0.4 is 5.32 Å². The van der Waals surface area contributed by atoms with Crippen molar-refractivity contribution in [3.63, 3.8) is 0 Å². The molecule has 1 aliphatic rings. The van der Waals surface area contributed by atoms with Crippen molar-refractivity contribution in [1.82, 2.24) is 4.31 Å². The smallest absolute Gasteiger partial charge is 0.255 e. The van der Waals surface area contributed by atoms with Crippen LogP contribution in [0.2, 0.25) is 0 Å². The van der Waals surface area contributed by atoms with E-state index in [1.165, 1.54) is 16.4 Å². The summed E-state index contributed by atoms with van der Waals surface area (Å²) in [7, 11) is -3.63. The summed E-state index contributed by atoms with van der Waals surface area (Å²) < 4.78 is 32.9. The highest BCUT2D eigenvalue weighted by molar-refractivity contribution is 7.89. The number of sulfonamides is 1. The van der Waals surface area contributed by atoms with Crippen LogP contribution in [-0.4, -0.2) is 43.9 Å². The van der Waals surface area contributed by atoms with Gasteiger partial charge in [0, 0.05) is 24.3 Å². The van der Waals surface area contributed by atoms with Crippen LogP contribution in [0.4, 0.5) is 5.69 Å². The molecule has 0 unspecified atom stereocenters. The van der Waals surface area contributed by atoms with E-state index in [0.29, 0.717) is 18.7 Å². The second-order valence-electron chi connectivity index (χ2n) is 7.80. The van der Waals surface area contributed by atoms with E-state index in [1.54, 1.807) is 12.1 Å². The fraction of sp³-hybridized carbons (Fsp3) is 0.409. The van der Waals surface area contributed by atoms with Crippen molar-refractivity contribution < 1.29 is 17.9 Å². The molecule has 29 heavy (non-hydrogen) atoms. The summed E-state index contributed by atoms with van der Waals surface area (Å²) in [6.07, 6.45) is -0.306. The minimum absolute atomic E-state index is 0.153. The van der Waals surface area contributed by atoms with Gasteiger partial charge in [-0.25, -0.2) is 8.42 Å². The Morgan fingerprint density at radius 2 is 1.62 bits per heavy atom. The van der Waals surface area contributed by atoms with Crippen LogP contribution in [0.15, 0.2) is 53.4 Å². The average molecular weight is 417 g/mol. The van der Waals surface area contributed by atoms with Gasteiger partial charge in [-0.15, -0.1) is 0 Å². The van der Waals surface area contributed by atoms with Crippen molar-refractivity contribution in [1.29, 1.82) is 0 Å². The first kappa shape index (κ1) is 21.5. The molecule has 1 N–H and O–H groups in total. The highest BCUT2D eigenvalue weighted by atomic mass is 32.2. The molecule has 1 fully saturated rings. The molecule has 0 aliphatic carbocycles. The minimum Gasteiger partial charge on any atom is -0.373 e. The molecule has 1 aliphatic heterocycles. The highest BCUT2D eigenvalue weighted by Crippen LogP contribution is 2.25. The van der Waals surface area contributed by atoms with E-state index in [4.69, 9.17) is 4.74 Å². The number of carbonyl (C=O) groups is 1. The average Bonchev–Trinajstić information content (AvgIpc) is 2.67. The van der Waals surface area contributed by atoms with Gasteiger partial charge in [0.05, 0.1) is 17.1 Å². The maximum Gasteiger partial charge on any atom is 0.255 e. The van der Waals surface area contributed by atoms with E-state index in [-0.39, 0.29) is 28.9 Å². The van der Waals surface area contributed by atoms with E-state index in [2.05, 4.69) is 19.2 Å². The van der Waals surface area contributed by atoms with Gasteiger partial charge < -0.3 is 10.1 Å². The van der Waals surface area contributed by atoms with Crippen molar-refractivity contribution in [2.24, 2.45) is 0 Å². The van der Waals surface area contributed by atoms with Gasteiger partial charge in [-0.1, -0.05) is 32.0 Å². The third kappa shape index (κ3) is 4.86. The van der Waals surface area contributed by atoms with Crippen molar-refractivity contribution >= 4 is 21.6 Å². The predicted octanol–water partition coefficient (Wildman–Crippen LogP) is 3.86. The first-order valence-corrected chi connectivity index (χ1v) is 11.3. The monoisotopic (exact) mass is 416 g/mol. The summed E-state index contributed by atoms with van der Waals surface area (Å²) in [5.41, 5.74) is 2.22. The van der Waals surface area contributed by atoms with Gasteiger partial charge in [0.1, 0.15) is 0 Å². The Bertz CT molecular complexity index is 961. The van der Waals surface area contributed by atoms with E-state index >= 15 is 0 Å². The molecule has 1 amide bonds. The Labute approximate surface area is 172 Å². The molecule has 2 aromatic rings. The molecule has 0 aromatic heterocycles. The zero-order valence-corrected chi connectivity index (χ0v) is 18.1. The van der Waals surface area contributed by atoms with Gasteiger partial charge in [0.15, 0.2) is 0 Å². The molecule has 1 heterocycles. The second kappa shape index (κ2) is 8.65. The summed E-state index contributed by atoms with van der Waals surface area (Å²) in [5, 5.41) is 2.93. The number of para-hydroxylation sites is 1. The lowest BCUT2D eigenvalue weighted by Gasteiger charge is -2.34. The number of morpholine rings is 1. The van der Waals surface area contributed by atoms with E-state index in [0.717, 1.165) is 11.3 Å². The van der Waals surface area contributed by atoms with Crippen molar-refractivity contribution in [2.75, 3.05) is 18.4 Å². The lowest BCUT2D eigenvalue weighted by Crippen LogP contribution is -2.48. The number of rotatable bonds is 5. The number of ether oxygens (including phenoxy) is 1. The van der Waals surface area contributed by atoms with E-state index in [1.807, 2.05) is 38.1 Å².